The number of rotatable bonds is 8. The fraction of sp³-hybridized carbons (Fsp3) is 0.647. The van der Waals surface area contributed by atoms with Crippen LogP contribution in [0.3, 0.4) is 0 Å². The van der Waals surface area contributed by atoms with Crippen LogP contribution in [-0.4, -0.2) is 26.7 Å². The van der Waals surface area contributed by atoms with Crippen molar-refractivity contribution >= 4 is 12.6 Å². The highest BCUT2D eigenvalue weighted by Gasteiger charge is 2.32. The van der Waals surface area contributed by atoms with Crippen LogP contribution < -0.4 is 10.2 Å². The summed E-state index contributed by atoms with van der Waals surface area (Å²) in [5.74, 6) is 0.155. The summed E-state index contributed by atoms with van der Waals surface area (Å²) in [6.45, 7) is 3.45. The van der Waals surface area contributed by atoms with Gasteiger partial charge in [-0.2, -0.15) is 0 Å². The lowest BCUT2D eigenvalue weighted by Crippen LogP contribution is -2.44. The van der Waals surface area contributed by atoms with Gasteiger partial charge >= 0.3 is 13.5 Å². The first-order valence-electron chi connectivity index (χ1n) is 8.57. The van der Waals surface area contributed by atoms with E-state index in [9.17, 15) is 13.2 Å². The van der Waals surface area contributed by atoms with Gasteiger partial charge in [-0.3, -0.25) is 0 Å². The Bertz CT molecular complexity index is 471. The Morgan fingerprint density at radius 1 is 1.04 bits per heavy atom. The molecule has 0 unspecified atom stereocenters. The lowest BCUT2D eigenvalue weighted by Gasteiger charge is -2.27. The van der Waals surface area contributed by atoms with Crippen LogP contribution in [0.2, 0.25) is 0 Å². The molecule has 3 nitrogen and oxygen atoms in total. The van der Waals surface area contributed by atoms with Crippen molar-refractivity contribution in [1.29, 1.82) is 0 Å². The van der Waals surface area contributed by atoms with Crippen LogP contribution in [0, 0.1) is 5.92 Å². The molecule has 2 rings (SSSR count). The minimum Gasteiger partial charge on any atom is -0.407 e. The summed E-state index contributed by atoms with van der Waals surface area (Å²) in [6.07, 6.45) is 2.65. The number of hydrogen-bond donors (Lipinski definition) is 0. The van der Waals surface area contributed by atoms with Crippen LogP contribution in [-0.2, 0) is 9.31 Å². The quantitative estimate of drug-likeness (QED) is 0.520. The Labute approximate surface area is 141 Å². The van der Waals surface area contributed by atoms with Crippen LogP contribution in [0.15, 0.2) is 24.3 Å². The molecule has 0 bridgehead atoms. The van der Waals surface area contributed by atoms with E-state index in [-0.39, 0.29) is 5.75 Å². The molecule has 1 aliphatic rings. The molecule has 0 radical (unpaired) electrons. The summed E-state index contributed by atoms with van der Waals surface area (Å²) in [4.78, 5) is 0. The van der Waals surface area contributed by atoms with Gasteiger partial charge < -0.3 is 14.0 Å². The van der Waals surface area contributed by atoms with Crippen molar-refractivity contribution in [2.45, 2.75) is 51.8 Å². The van der Waals surface area contributed by atoms with Gasteiger partial charge in [-0.05, 0) is 24.0 Å². The van der Waals surface area contributed by atoms with Crippen molar-refractivity contribution in [1.82, 2.24) is 0 Å². The van der Waals surface area contributed by atoms with E-state index < -0.39 is 13.5 Å². The number of ether oxygens (including phenoxy) is 1. The third-order valence-electron chi connectivity index (χ3n) is 4.07. The molecular weight excluding hydrogens is 320 g/mol. The topological polar surface area (TPSA) is 27.7 Å². The summed E-state index contributed by atoms with van der Waals surface area (Å²) in [7, 11) is -0.513. The predicted octanol–water partition coefficient (Wildman–Crippen LogP) is 4.30. The summed E-state index contributed by atoms with van der Waals surface area (Å²) in [6, 6.07) is 5.62. The van der Waals surface area contributed by atoms with Gasteiger partial charge in [0.15, 0.2) is 0 Å². The lowest BCUT2D eigenvalue weighted by atomic mass is 9.77. The standard InChI is InChI=1S/C17H24BF3O3/c1-2-3-4-5-6-7-14-12-22-18(23-13-14)15-8-10-16(11-9-15)24-17(19,20)21/h8-11,14H,2-7,12-13H2,1H3. The van der Waals surface area contributed by atoms with Gasteiger partial charge in [0.2, 0.25) is 0 Å². The van der Waals surface area contributed by atoms with E-state index in [1.165, 1.54) is 56.4 Å². The van der Waals surface area contributed by atoms with Crippen LogP contribution in [0.5, 0.6) is 5.75 Å². The molecule has 1 fully saturated rings. The molecule has 1 aromatic rings. The molecule has 0 atom stereocenters. The zero-order valence-corrected chi connectivity index (χ0v) is 14.0. The Morgan fingerprint density at radius 2 is 1.67 bits per heavy atom. The third kappa shape index (κ3) is 6.73. The molecule has 0 N–H and O–H groups in total. The average molecular weight is 344 g/mol. The second-order valence-corrected chi connectivity index (χ2v) is 6.18. The summed E-state index contributed by atoms with van der Waals surface area (Å²) in [5.41, 5.74) is 0.700. The highest BCUT2D eigenvalue weighted by atomic mass is 19.4. The van der Waals surface area contributed by atoms with E-state index in [2.05, 4.69) is 11.7 Å². The van der Waals surface area contributed by atoms with E-state index in [1.807, 2.05) is 0 Å². The first-order valence-corrected chi connectivity index (χ1v) is 8.57. The maximum absolute atomic E-state index is 12.1. The molecule has 0 spiro atoms. The minimum atomic E-state index is -4.68. The van der Waals surface area contributed by atoms with Crippen LogP contribution >= 0.6 is 0 Å². The van der Waals surface area contributed by atoms with Crippen LogP contribution in [0.25, 0.3) is 0 Å². The third-order valence-corrected chi connectivity index (χ3v) is 4.07. The van der Waals surface area contributed by atoms with E-state index in [0.29, 0.717) is 24.6 Å². The molecule has 7 heteroatoms. The maximum atomic E-state index is 12.1. The van der Waals surface area contributed by atoms with Crippen LogP contribution in [0.4, 0.5) is 13.2 Å². The van der Waals surface area contributed by atoms with Crippen molar-refractivity contribution in [3.8, 4) is 5.75 Å². The number of alkyl halides is 3. The number of unbranched alkanes of at least 4 members (excludes halogenated alkanes) is 4. The molecule has 0 saturated carbocycles. The van der Waals surface area contributed by atoms with Gasteiger partial charge in [0.05, 0.1) is 0 Å². The first-order chi connectivity index (χ1) is 11.5. The van der Waals surface area contributed by atoms with E-state index in [0.717, 1.165) is 6.42 Å². The molecule has 134 valence electrons. The molecule has 0 aromatic heterocycles. The van der Waals surface area contributed by atoms with Crippen molar-refractivity contribution in [3.05, 3.63) is 24.3 Å². The van der Waals surface area contributed by atoms with E-state index in [1.54, 1.807) is 0 Å². The highest BCUT2D eigenvalue weighted by molar-refractivity contribution is 6.61. The Morgan fingerprint density at radius 3 is 2.25 bits per heavy atom. The van der Waals surface area contributed by atoms with Gasteiger partial charge in [-0.25, -0.2) is 0 Å². The van der Waals surface area contributed by atoms with Crippen molar-refractivity contribution in [2.24, 2.45) is 5.92 Å². The molecule has 0 amide bonds. The van der Waals surface area contributed by atoms with Gasteiger partial charge in [-0.15, -0.1) is 13.2 Å². The summed E-state index contributed by atoms with van der Waals surface area (Å²) in [5, 5.41) is 0. The number of halogens is 3. The molecular formula is C17H24BF3O3. The smallest absolute Gasteiger partial charge is 0.407 e. The zero-order chi connectivity index (χ0) is 17.4. The maximum Gasteiger partial charge on any atom is 0.573 e. The van der Waals surface area contributed by atoms with Gasteiger partial charge in [0.25, 0.3) is 0 Å². The normalized spacial score (nSPS) is 16.4. The highest BCUT2D eigenvalue weighted by Crippen LogP contribution is 2.22. The van der Waals surface area contributed by atoms with Gasteiger partial charge in [0, 0.05) is 19.1 Å². The monoisotopic (exact) mass is 344 g/mol. The van der Waals surface area contributed by atoms with Crippen molar-refractivity contribution < 1.29 is 27.2 Å². The first kappa shape index (κ1) is 19.1. The van der Waals surface area contributed by atoms with E-state index in [4.69, 9.17) is 9.31 Å². The molecule has 1 heterocycles. The molecule has 24 heavy (non-hydrogen) atoms. The SMILES string of the molecule is CCCCCCCC1COB(c2ccc(OC(F)(F)F)cc2)OC1. The second kappa shape index (κ2) is 9.32. The number of benzene rings is 1. The fourth-order valence-electron chi connectivity index (χ4n) is 2.77. The fourth-order valence-corrected chi connectivity index (χ4v) is 2.77. The zero-order valence-electron chi connectivity index (χ0n) is 14.0. The lowest BCUT2D eigenvalue weighted by molar-refractivity contribution is -0.274. The van der Waals surface area contributed by atoms with Crippen molar-refractivity contribution in [2.75, 3.05) is 13.2 Å². The minimum absolute atomic E-state index is 0.244. The van der Waals surface area contributed by atoms with Crippen LogP contribution in [0.1, 0.15) is 45.4 Å². The average Bonchev–Trinajstić information content (AvgIpc) is 2.55. The predicted molar refractivity (Wildman–Crippen MR) is 87.3 cm³/mol. The van der Waals surface area contributed by atoms with Gasteiger partial charge in [-0.1, -0.05) is 51.2 Å². The Hall–Kier alpha value is -1.21. The summed E-state index contributed by atoms with van der Waals surface area (Å²) < 4.78 is 51.7. The number of hydrogen-bond acceptors (Lipinski definition) is 3. The Balaban J connectivity index is 1.72. The summed E-state index contributed by atoms with van der Waals surface area (Å²) >= 11 is 0. The largest absolute Gasteiger partial charge is 0.573 e. The second-order valence-electron chi connectivity index (χ2n) is 6.18. The Kier molecular flexibility index (Phi) is 7.43. The molecule has 1 aliphatic heterocycles. The van der Waals surface area contributed by atoms with Gasteiger partial charge in [0.1, 0.15) is 5.75 Å². The molecule has 1 saturated heterocycles. The molecule has 0 aliphatic carbocycles. The molecule has 1 aromatic carbocycles. The van der Waals surface area contributed by atoms with Crippen molar-refractivity contribution in [3.63, 3.8) is 0 Å². The van der Waals surface area contributed by atoms with E-state index >= 15 is 0 Å².